The molecule has 0 amide bonds. The van der Waals surface area contributed by atoms with Crippen molar-refractivity contribution in [2.24, 2.45) is 5.73 Å². The zero-order valence-corrected chi connectivity index (χ0v) is 9.69. The highest BCUT2D eigenvalue weighted by molar-refractivity contribution is 7.99. The highest BCUT2D eigenvalue weighted by Crippen LogP contribution is 2.21. The first-order valence-electron chi connectivity index (χ1n) is 5.01. The minimum Gasteiger partial charge on any atom is -0.437 e. The smallest absolute Gasteiger partial charge is 0.256 e. The fourth-order valence-electron chi connectivity index (χ4n) is 1.09. The molecule has 3 nitrogen and oxygen atoms in total. The lowest BCUT2D eigenvalue weighted by Crippen LogP contribution is -1.97. The Bertz CT molecular complexity index is 254. The van der Waals surface area contributed by atoms with Crippen molar-refractivity contribution in [3.63, 3.8) is 0 Å². The van der Waals surface area contributed by atoms with Crippen molar-refractivity contribution in [1.29, 1.82) is 0 Å². The van der Waals surface area contributed by atoms with Crippen molar-refractivity contribution >= 4 is 11.8 Å². The number of hydrogen-bond acceptors (Lipinski definition) is 4. The predicted octanol–water partition coefficient (Wildman–Crippen LogP) is 2.51. The molecule has 0 saturated heterocycles. The van der Waals surface area contributed by atoms with Crippen molar-refractivity contribution in [1.82, 2.24) is 4.98 Å². The molecule has 1 aromatic heterocycles. The second-order valence-electron chi connectivity index (χ2n) is 3.32. The third-order valence-corrected chi connectivity index (χ3v) is 3.00. The summed E-state index contributed by atoms with van der Waals surface area (Å²) in [6.07, 6.45) is 3.49. The number of hydrogen-bond donors (Lipinski definition) is 1. The van der Waals surface area contributed by atoms with E-state index in [1.54, 1.807) is 11.8 Å². The molecule has 1 rings (SSSR count). The van der Waals surface area contributed by atoms with E-state index in [0.717, 1.165) is 35.4 Å². The quantitative estimate of drug-likeness (QED) is 0.584. The summed E-state index contributed by atoms with van der Waals surface area (Å²) in [5.41, 5.74) is 6.40. The first kappa shape index (κ1) is 11.6. The Morgan fingerprint density at radius 3 is 2.64 bits per heavy atom. The third-order valence-electron chi connectivity index (χ3n) is 2.08. The molecule has 0 saturated carbocycles. The van der Waals surface area contributed by atoms with Gasteiger partial charge in [0.2, 0.25) is 0 Å². The van der Waals surface area contributed by atoms with E-state index in [2.05, 4.69) is 4.98 Å². The van der Waals surface area contributed by atoms with Gasteiger partial charge in [0.05, 0.1) is 5.69 Å². The van der Waals surface area contributed by atoms with Gasteiger partial charge in [-0.2, -0.15) is 0 Å². The molecular weight excluding hydrogens is 196 g/mol. The number of nitrogens with two attached hydrogens (primary N) is 1. The minimum absolute atomic E-state index is 0.794. The third kappa shape index (κ3) is 3.72. The Balaban J connectivity index is 2.18. The summed E-state index contributed by atoms with van der Waals surface area (Å²) in [6.45, 7) is 4.71. The maximum Gasteiger partial charge on any atom is 0.256 e. The number of aromatic nitrogens is 1. The van der Waals surface area contributed by atoms with Gasteiger partial charge in [0, 0.05) is 5.75 Å². The van der Waals surface area contributed by atoms with Crippen LogP contribution in [0.1, 0.15) is 30.7 Å². The fourth-order valence-corrected chi connectivity index (χ4v) is 2.00. The molecule has 0 spiro atoms. The lowest BCUT2D eigenvalue weighted by molar-refractivity contribution is 0.431. The van der Waals surface area contributed by atoms with Gasteiger partial charge in [-0.25, -0.2) is 4.98 Å². The molecule has 2 N–H and O–H groups in total. The molecule has 0 atom stereocenters. The standard InChI is InChI=1S/C10H18N2OS/c1-8-9(2)13-10(12-8)14-7-5-3-4-6-11/h3-7,11H2,1-2H3. The van der Waals surface area contributed by atoms with Gasteiger partial charge in [0.25, 0.3) is 5.22 Å². The Morgan fingerprint density at radius 1 is 1.29 bits per heavy atom. The summed E-state index contributed by atoms with van der Waals surface area (Å²) >= 11 is 1.69. The van der Waals surface area contributed by atoms with Gasteiger partial charge in [-0.05, 0) is 33.2 Å². The van der Waals surface area contributed by atoms with Gasteiger partial charge < -0.3 is 10.2 Å². The molecular formula is C10H18N2OS. The number of thioether (sulfide) groups is 1. The van der Waals surface area contributed by atoms with Crippen LogP contribution in [0, 0.1) is 13.8 Å². The largest absolute Gasteiger partial charge is 0.437 e. The van der Waals surface area contributed by atoms with Crippen LogP contribution in [0.25, 0.3) is 0 Å². The average Bonchev–Trinajstić information content (AvgIpc) is 2.46. The van der Waals surface area contributed by atoms with Crippen molar-refractivity contribution in [2.75, 3.05) is 12.3 Å². The van der Waals surface area contributed by atoms with E-state index in [1.807, 2.05) is 13.8 Å². The zero-order chi connectivity index (χ0) is 10.4. The van der Waals surface area contributed by atoms with Gasteiger partial charge in [-0.3, -0.25) is 0 Å². The van der Waals surface area contributed by atoms with Crippen LogP contribution in [0.3, 0.4) is 0 Å². The highest BCUT2D eigenvalue weighted by Gasteiger charge is 2.04. The molecule has 0 unspecified atom stereocenters. The van der Waals surface area contributed by atoms with E-state index in [4.69, 9.17) is 10.2 Å². The van der Waals surface area contributed by atoms with Gasteiger partial charge in [-0.15, -0.1) is 0 Å². The van der Waals surface area contributed by atoms with Crippen LogP contribution in [-0.2, 0) is 0 Å². The van der Waals surface area contributed by atoms with Gasteiger partial charge in [-0.1, -0.05) is 18.2 Å². The summed E-state index contributed by atoms with van der Waals surface area (Å²) in [4.78, 5) is 4.30. The van der Waals surface area contributed by atoms with Crippen LogP contribution in [0.5, 0.6) is 0 Å². The van der Waals surface area contributed by atoms with E-state index in [0.29, 0.717) is 0 Å². The number of nitrogens with zero attached hydrogens (tertiary/aromatic N) is 1. The molecule has 0 aliphatic heterocycles. The molecule has 0 bridgehead atoms. The lowest BCUT2D eigenvalue weighted by atomic mass is 10.2. The second-order valence-corrected chi connectivity index (χ2v) is 4.37. The molecule has 0 aliphatic rings. The normalized spacial score (nSPS) is 10.8. The van der Waals surface area contributed by atoms with Crippen LogP contribution >= 0.6 is 11.8 Å². The van der Waals surface area contributed by atoms with Crippen molar-refractivity contribution in [3.8, 4) is 0 Å². The second kappa shape index (κ2) is 6.09. The molecule has 1 aromatic rings. The number of unbranched alkanes of at least 4 members (excludes halogenated alkanes) is 2. The molecule has 14 heavy (non-hydrogen) atoms. The monoisotopic (exact) mass is 214 g/mol. The average molecular weight is 214 g/mol. The van der Waals surface area contributed by atoms with E-state index in [-0.39, 0.29) is 0 Å². The molecule has 4 heteroatoms. The Hall–Kier alpha value is -0.480. The predicted molar refractivity (Wildman–Crippen MR) is 59.6 cm³/mol. The van der Waals surface area contributed by atoms with Crippen LogP contribution in [0.2, 0.25) is 0 Å². The van der Waals surface area contributed by atoms with Crippen molar-refractivity contribution in [2.45, 2.75) is 38.3 Å². The summed E-state index contributed by atoms with van der Waals surface area (Å²) in [5.74, 6) is 1.99. The summed E-state index contributed by atoms with van der Waals surface area (Å²) in [6, 6.07) is 0. The molecule has 0 aromatic carbocycles. The fraction of sp³-hybridized carbons (Fsp3) is 0.700. The zero-order valence-electron chi connectivity index (χ0n) is 8.88. The SMILES string of the molecule is Cc1nc(SCCCCCN)oc1C. The molecule has 0 aliphatic carbocycles. The van der Waals surface area contributed by atoms with E-state index in [9.17, 15) is 0 Å². The first-order chi connectivity index (χ1) is 6.74. The van der Waals surface area contributed by atoms with Crippen LogP contribution in [0.4, 0.5) is 0 Å². The molecule has 1 heterocycles. The van der Waals surface area contributed by atoms with Crippen molar-refractivity contribution in [3.05, 3.63) is 11.5 Å². The van der Waals surface area contributed by atoms with Gasteiger partial charge in [0.1, 0.15) is 5.76 Å². The molecule has 80 valence electrons. The van der Waals surface area contributed by atoms with E-state index in [1.165, 1.54) is 12.8 Å². The van der Waals surface area contributed by atoms with Gasteiger partial charge >= 0.3 is 0 Å². The molecule has 0 fully saturated rings. The van der Waals surface area contributed by atoms with Crippen LogP contribution in [-0.4, -0.2) is 17.3 Å². The Morgan fingerprint density at radius 2 is 2.07 bits per heavy atom. The van der Waals surface area contributed by atoms with Crippen molar-refractivity contribution < 1.29 is 4.42 Å². The minimum atomic E-state index is 0.794. The number of aryl methyl sites for hydroxylation is 2. The van der Waals surface area contributed by atoms with Crippen LogP contribution in [0.15, 0.2) is 9.64 Å². The number of rotatable bonds is 6. The van der Waals surface area contributed by atoms with Gasteiger partial charge in [0.15, 0.2) is 0 Å². The highest BCUT2D eigenvalue weighted by atomic mass is 32.2. The first-order valence-corrected chi connectivity index (χ1v) is 5.99. The topological polar surface area (TPSA) is 52.0 Å². The Labute approximate surface area is 89.5 Å². The Kier molecular flexibility index (Phi) is 5.04. The number of oxazole rings is 1. The van der Waals surface area contributed by atoms with E-state index < -0.39 is 0 Å². The summed E-state index contributed by atoms with van der Waals surface area (Å²) in [5, 5.41) is 0.799. The lowest BCUT2D eigenvalue weighted by Gasteiger charge is -1.96. The summed E-state index contributed by atoms with van der Waals surface area (Å²) < 4.78 is 5.45. The van der Waals surface area contributed by atoms with Crippen LogP contribution < -0.4 is 5.73 Å². The summed E-state index contributed by atoms with van der Waals surface area (Å²) in [7, 11) is 0. The molecule has 0 radical (unpaired) electrons. The maximum absolute atomic E-state index is 5.45. The maximum atomic E-state index is 5.45. The van der Waals surface area contributed by atoms with E-state index >= 15 is 0 Å².